The van der Waals surface area contributed by atoms with Crippen LogP contribution in [0.3, 0.4) is 0 Å². The van der Waals surface area contributed by atoms with Crippen LogP contribution in [-0.4, -0.2) is 29.7 Å². The van der Waals surface area contributed by atoms with Gasteiger partial charge in [0.15, 0.2) is 0 Å². The first-order valence-electron chi connectivity index (χ1n) is 11.5. The van der Waals surface area contributed by atoms with Crippen LogP contribution >= 0.6 is 12.4 Å². The molecule has 1 heterocycles. The molecule has 35 heavy (non-hydrogen) atoms. The summed E-state index contributed by atoms with van der Waals surface area (Å²) in [7, 11) is 3.86. The van der Waals surface area contributed by atoms with E-state index in [2.05, 4.69) is 53.3 Å². The summed E-state index contributed by atoms with van der Waals surface area (Å²) in [6.45, 7) is 0.949. The van der Waals surface area contributed by atoms with Crippen molar-refractivity contribution in [1.29, 1.82) is 0 Å². The van der Waals surface area contributed by atoms with Crippen LogP contribution in [0.1, 0.15) is 29.3 Å². The summed E-state index contributed by atoms with van der Waals surface area (Å²) >= 11 is 0. The third-order valence-corrected chi connectivity index (χ3v) is 6.61. The molecule has 1 unspecified atom stereocenters. The molecule has 4 aromatic rings. The molecule has 6 nitrogen and oxygen atoms in total. The van der Waals surface area contributed by atoms with Crippen molar-refractivity contribution in [1.82, 2.24) is 9.88 Å². The Bertz CT molecular complexity index is 1280. The molecule has 184 valence electrons. The second-order valence-corrected chi connectivity index (χ2v) is 8.65. The Labute approximate surface area is 212 Å². The van der Waals surface area contributed by atoms with Gasteiger partial charge in [0.1, 0.15) is 5.75 Å². The van der Waals surface area contributed by atoms with Gasteiger partial charge in [-0.1, -0.05) is 48.5 Å². The molecule has 0 fully saturated rings. The maximum atomic E-state index is 12.7. The first-order chi connectivity index (χ1) is 16.1. The number of aryl methyl sites for hydroxylation is 2. The number of nitrogens with one attached hydrogen (secondary N) is 1. The van der Waals surface area contributed by atoms with E-state index < -0.39 is 6.09 Å². The average molecular weight is 494 g/mol. The number of hydrogen-bond acceptors (Lipinski definition) is 3. The lowest BCUT2D eigenvalue weighted by Gasteiger charge is -2.17. The van der Waals surface area contributed by atoms with Crippen molar-refractivity contribution >= 4 is 35.1 Å². The number of anilines is 1. The van der Waals surface area contributed by atoms with E-state index in [1.54, 1.807) is 7.05 Å². The van der Waals surface area contributed by atoms with Crippen LogP contribution in [-0.2, 0) is 19.9 Å². The van der Waals surface area contributed by atoms with Crippen LogP contribution in [0.2, 0.25) is 0 Å². The molecule has 0 saturated heterocycles. The summed E-state index contributed by atoms with van der Waals surface area (Å²) in [5.74, 6) is 0.573. The minimum absolute atomic E-state index is 0. The van der Waals surface area contributed by atoms with Crippen LogP contribution < -0.4 is 15.0 Å². The number of aromatic nitrogens is 1. The third-order valence-electron chi connectivity index (χ3n) is 6.61. The van der Waals surface area contributed by atoms with Gasteiger partial charge in [0.2, 0.25) is 0 Å². The van der Waals surface area contributed by atoms with Gasteiger partial charge < -0.3 is 20.1 Å². The largest absolute Gasteiger partial charge is 0.419 e. The fourth-order valence-corrected chi connectivity index (χ4v) is 4.88. The van der Waals surface area contributed by atoms with E-state index in [0.717, 1.165) is 31.5 Å². The Kier molecular flexibility index (Phi) is 8.57. The number of nitrogens with zero attached hydrogens (tertiary/aromatic N) is 2. The molecule has 0 saturated carbocycles. The summed E-state index contributed by atoms with van der Waals surface area (Å²) in [4.78, 5) is 14.2. The van der Waals surface area contributed by atoms with E-state index in [9.17, 15) is 4.79 Å². The van der Waals surface area contributed by atoms with Crippen molar-refractivity contribution in [2.24, 2.45) is 7.05 Å². The van der Waals surface area contributed by atoms with E-state index in [1.165, 1.54) is 32.6 Å². The van der Waals surface area contributed by atoms with Gasteiger partial charge in [-0.25, -0.2) is 4.79 Å². The van der Waals surface area contributed by atoms with Crippen molar-refractivity contribution in [3.05, 3.63) is 95.7 Å². The number of halogens is 1. The van der Waals surface area contributed by atoms with Gasteiger partial charge in [0, 0.05) is 42.4 Å². The van der Waals surface area contributed by atoms with Gasteiger partial charge in [-0.05, 0) is 67.3 Å². The highest BCUT2D eigenvalue weighted by atomic mass is 35.5. The van der Waals surface area contributed by atoms with Crippen LogP contribution in [0.15, 0.2) is 78.9 Å². The molecular formula is C28H32ClN3O3. The molecule has 1 amide bonds. The maximum absolute atomic E-state index is 12.7. The van der Waals surface area contributed by atoms with Gasteiger partial charge in [0.05, 0.1) is 0 Å². The lowest BCUT2D eigenvalue weighted by molar-refractivity contribution is 0.209. The zero-order valence-electron chi connectivity index (χ0n) is 20.0. The molecule has 1 aliphatic carbocycles. The highest BCUT2D eigenvalue weighted by molar-refractivity contribution is 5.91. The summed E-state index contributed by atoms with van der Waals surface area (Å²) in [5, 5.41) is 4.93. The van der Waals surface area contributed by atoms with Crippen LogP contribution in [0.4, 0.5) is 10.5 Å². The molecule has 0 spiro atoms. The van der Waals surface area contributed by atoms with Crippen molar-refractivity contribution in [2.45, 2.75) is 25.3 Å². The van der Waals surface area contributed by atoms with Crippen molar-refractivity contribution < 1.29 is 15.0 Å². The summed E-state index contributed by atoms with van der Waals surface area (Å²) in [6.07, 6.45) is 2.74. The number of carbonyl (C=O) groups excluding carboxylic acids is 1. The number of para-hydroxylation sites is 1. The van der Waals surface area contributed by atoms with Crippen molar-refractivity contribution in [2.75, 3.05) is 18.5 Å². The second-order valence-electron chi connectivity index (χ2n) is 8.65. The number of benzene rings is 3. The first-order valence-corrected chi connectivity index (χ1v) is 11.5. The van der Waals surface area contributed by atoms with E-state index in [1.807, 2.05) is 42.5 Å². The SMILES string of the molecule is CN(C(=O)Oc1ccc2c(c1)c1c(n2C)C(NCCc2ccccc2)CC1)c1ccccc1.Cl.O. The molecule has 7 heteroatoms. The molecule has 3 aromatic carbocycles. The molecular weight excluding hydrogens is 462 g/mol. The topological polar surface area (TPSA) is 78.0 Å². The van der Waals surface area contributed by atoms with Crippen LogP contribution in [0.5, 0.6) is 5.75 Å². The Morgan fingerprint density at radius 2 is 1.74 bits per heavy atom. The normalized spacial score (nSPS) is 14.1. The number of amides is 1. The fraction of sp³-hybridized carbons (Fsp3) is 0.250. The van der Waals surface area contributed by atoms with Crippen molar-refractivity contribution in [3.63, 3.8) is 0 Å². The van der Waals surface area contributed by atoms with Gasteiger partial charge in [-0.15, -0.1) is 12.4 Å². The lowest BCUT2D eigenvalue weighted by atomic mass is 10.1. The van der Waals surface area contributed by atoms with E-state index in [0.29, 0.717) is 11.8 Å². The van der Waals surface area contributed by atoms with E-state index in [4.69, 9.17) is 4.74 Å². The molecule has 1 aliphatic rings. The Morgan fingerprint density at radius 1 is 1.06 bits per heavy atom. The van der Waals surface area contributed by atoms with Crippen LogP contribution in [0, 0.1) is 0 Å². The average Bonchev–Trinajstić information content (AvgIpc) is 3.39. The molecule has 0 radical (unpaired) electrons. The maximum Gasteiger partial charge on any atom is 0.419 e. The number of hydrogen-bond donors (Lipinski definition) is 1. The summed E-state index contributed by atoms with van der Waals surface area (Å²) in [5.41, 5.74) is 6.04. The lowest BCUT2D eigenvalue weighted by Crippen LogP contribution is -2.29. The minimum Gasteiger partial charge on any atom is -0.412 e. The monoisotopic (exact) mass is 493 g/mol. The van der Waals surface area contributed by atoms with E-state index in [-0.39, 0.29) is 17.9 Å². The molecule has 5 rings (SSSR count). The Balaban J connectivity index is 0.00000171. The minimum atomic E-state index is -0.395. The van der Waals surface area contributed by atoms with Gasteiger partial charge in [-0.2, -0.15) is 0 Å². The number of fused-ring (bicyclic) bond motifs is 3. The zero-order chi connectivity index (χ0) is 22.8. The number of carbonyl (C=O) groups is 1. The van der Waals surface area contributed by atoms with Gasteiger partial charge in [-0.3, -0.25) is 4.90 Å². The molecule has 0 aliphatic heterocycles. The van der Waals surface area contributed by atoms with Crippen LogP contribution in [0.25, 0.3) is 10.9 Å². The second kappa shape index (κ2) is 11.4. The molecule has 3 N–H and O–H groups in total. The number of rotatable bonds is 6. The Hall–Kier alpha value is -3.32. The highest BCUT2D eigenvalue weighted by Crippen LogP contribution is 2.39. The molecule has 0 bridgehead atoms. The van der Waals surface area contributed by atoms with Gasteiger partial charge >= 0.3 is 6.09 Å². The molecule has 1 atom stereocenters. The smallest absolute Gasteiger partial charge is 0.412 e. The van der Waals surface area contributed by atoms with E-state index >= 15 is 0 Å². The predicted octanol–water partition coefficient (Wildman–Crippen LogP) is 5.23. The first kappa shape index (κ1) is 26.3. The van der Waals surface area contributed by atoms with Crippen molar-refractivity contribution in [3.8, 4) is 5.75 Å². The number of ether oxygens (including phenoxy) is 1. The standard InChI is InChI=1S/C28H29N3O2.ClH.H2O/c1-30(21-11-7-4-8-12-21)28(32)33-22-13-16-26-24(19-22)23-14-15-25(27(23)31(26)2)29-18-17-20-9-5-3-6-10-20;;/h3-13,16,19,25,29H,14-15,17-18H2,1-2H3;1H;1H2. The summed E-state index contributed by atoms with van der Waals surface area (Å²) < 4.78 is 8.00. The summed E-state index contributed by atoms with van der Waals surface area (Å²) in [6, 6.07) is 26.4. The third kappa shape index (κ3) is 5.35. The Morgan fingerprint density at radius 3 is 2.46 bits per heavy atom. The highest BCUT2D eigenvalue weighted by Gasteiger charge is 2.28. The zero-order valence-corrected chi connectivity index (χ0v) is 20.8. The molecule has 1 aromatic heterocycles. The van der Waals surface area contributed by atoms with Gasteiger partial charge in [0.25, 0.3) is 0 Å². The quantitative estimate of drug-likeness (QED) is 0.399. The fourth-order valence-electron chi connectivity index (χ4n) is 4.88. The predicted molar refractivity (Wildman–Crippen MR) is 144 cm³/mol.